The summed E-state index contributed by atoms with van der Waals surface area (Å²) in [5.74, 6) is 0.0591. The second kappa shape index (κ2) is 6.74. The predicted octanol–water partition coefficient (Wildman–Crippen LogP) is 3.14. The molecule has 1 saturated heterocycles. The fourth-order valence-electron chi connectivity index (χ4n) is 2.85. The van der Waals surface area contributed by atoms with Gasteiger partial charge in [-0.05, 0) is 43.7 Å². The fourth-order valence-corrected chi connectivity index (χ4v) is 2.85. The zero-order chi connectivity index (χ0) is 17.1. The van der Waals surface area contributed by atoms with Gasteiger partial charge in [-0.25, -0.2) is 4.90 Å². The molecule has 0 bridgehead atoms. The summed E-state index contributed by atoms with van der Waals surface area (Å²) < 4.78 is 5.55. The molecule has 1 N–H and O–H groups in total. The Labute approximate surface area is 141 Å². The number of hydrogen-bond donors (Lipinski definition) is 1. The standard InChI is InChI=1S/C19H20N2O3/c1-3-24-17-10-5-4-9-16(17)21-18(22)12-15(19(21)23)20-14-8-6-7-13(2)11-14/h4-11,15,20H,3,12H2,1-2H3/t15-/m1/s1. The lowest BCUT2D eigenvalue weighted by molar-refractivity contribution is -0.121. The molecule has 0 saturated carbocycles. The molecule has 1 atom stereocenters. The summed E-state index contributed by atoms with van der Waals surface area (Å²) in [7, 11) is 0. The van der Waals surface area contributed by atoms with Gasteiger partial charge in [-0.3, -0.25) is 9.59 Å². The Hall–Kier alpha value is -2.82. The lowest BCUT2D eigenvalue weighted by atomic mass is 10.2. The van der Waals surface area contributed by atoms with Gasteiger partial charge in [-0.2, -0.15) is 0 Å². The fraction of sp³-hybridized carbons (Fsp3) is 0.263. The first kappa shape index (κ1) is 16.1. The Morgan fingerprint density at radius 3 is 2.71 bits per heavy atom. The van der Waals surface area contributed by atoms with E-state index in [0.717, 1.165) is 11.3 Å². The smallest absolute Gasteiger partial charge is 0.256 e. The molecule has 1 aliphatic rings. The van der Waals surface area contributed by atoms with E-state index in [1.165, 1.54) is 4.90 Å². The molecule has 2 amide bonds. The summed E-state index contributed by atoms with van der Waals surface area (Å²) in [6, 6.07) is 14.3. The Morgan fingerprint density at radius 1 is 1.17 bits per heavy atom. The monoisotopic (exact) mass is 324 g/mol. The van der Waals surface area contributed by atoms with Gasteiger partial charge < -0.3 is 10.1 Å². The Kier molecular flexibility index (Phi) is 4.51. The number of carbonyl (C=O) groups excluding carboxylic acids is 2. The summed E-state index contributed by atoms with van der Waals surface area (Å²) in [5, 5.41) is 3.16. The van der Waals surface area contributed by atoms with Gasteiger partial charge in [0.1, 0.15) is 11.8 Å². The van der Waals surface area contributed by atoms with E-state index >= 15 is 0 Å². The van der Waals surface area contributed by atoms with Crippen LogP contribution in [0, 0.1) is 6.92 Å². The van der Waals surface area contributed by atoms with E-state index in [1.807, 2.05) is 44.2 Å². The van der Waals surface area contributed by atoms with Gasteiger partial charge in [0.25, 0.3) is 5.91 Å². The van der Waals surface area contributed by atoms with Crippen molar-refractivity contribution in [1.82, 2.24) is 0 Å². The highest BCUT2D eigenvalue weighted by Gasteiger charge is 2.40. The maximum absolute atomic E-state index is 12.7. The highest BCUT2D eigenvalue weighted by molar-refractivity contribution is 6.23. The third-order valence-electron chi connectivity index (χ3n) is 3.91. The SMILES string of the molecule is CCOc1ccccc1N1C(=O)C[C@@H](Nc2cccc(C)c2)C1=O. The van der Waals surface area contributed by atoms with Gasteiger partial charge >= 0.3 is 0 Å². The molecule has 0 aliphatic carbocycles. The predicted molar refractivity (Wildman–Crippen MR) is 93.3 cm³/mol. The van der Waals surface area contributed by atoms with E-state index < -0.39 is 6.04 Å². The Balaban J connectivity index is 1.84. The molecular formula is C19H20N2O3. The number of hydrogen-bond acceptors (Lipinski definition) is 4. The average Bonchev–Trinajstić information content (AvgIpc) is 2.82. The molecular weight excluding hydrogens is 304 g/mol. The molecule has 5 heteroatoms. The van der Waals surface area contributed by atoms with E-state index in [-0.39, 0.29) is 18.2 Å². The van der Waals surface area contributed by atoms with Gasteiger partial charge in [0.15, 0.2) is 0 Å². The minimum Gasteiger partial charge on any atom is -0.492 e. The van der Waals surface area contributed by atoms with Crippen molar-refractivity contribution in [2.75, 3.05) is 16.8 Å². The first-order valence-electron chi connectivity index (χ1n) is 8.02. The molecule has 1 heterocycles. The van der Waals surface area contributed by atoms with E-state index in [4.69, 9.17) is 4.74 Å². The highest BCUT2D eigenvalue weighted by atomic mass is 16.5. The number of anilines is 2. The van der Waals surface area contributed by atoms with Gasteiger partial charge in [0, 0.05) is 5.69 Å². The van der Waals surface area contributed by atoms with Crippen molar-refractivity contribution in [1.29, 1.82) is 0 Å². The number of aryl methyl sites for hydroxylation is 1. The number of rotatable bonds is 5. The average molecular weight is 324 g/mol. The van der Waals surface area contributed by atoms with Crippen molar-refractivity contribution in [2.45, 2.75) is 26.3 Å². The summed E-state index contributed by atoms with van der Waals surface area (Å²) >= 11 is 0. The van der Waals surface area contributed by atoms with Gasteiger partial charge in [-0.1, -0.05) is 24.3 Å². The second-order valence-corrected chi connectivity index (χ2v) is 5.74. The molecule has 2 aromatic rings. The topological polar surface area (TPSA) is 58.6 Å². The van der Waals surface area contributed by atoms with Crippen LogP contribution in [0.1, 0.15) is 18.9 Å². The number of para-hydroxylation sites is 2. The van der Waals surface area contributed by atoms with Crippen LogP contribution < -0.4 is 15.0 Å². The lowest BCUT2D eigenvalue weighted by Crippen LogP contribution is -2.35. The summed E-state index contributed by atoms with van der Waals surface area (Å²) in [5.41, 5.74) is 2.43. The number of amides is 2. The number of nitrogens with zero attached hydrogens (tertiary/aromatic N) is 1. The molecule has 24 heavy (non-hydrogen) atoms. The number of imide groups is 1. The Bertz CT molecular complexity index is 773. The van der Waals surface area contributed by atoms with Crippen LogP contribution >= 0.6 is 0 Å². The highest BCUT2D eigenvalue weighted by Crippen LogP contribution is 2.32. The van der Waals surface area contributed by atoms with Crippen LogP contribution in [0.4, 0.5) is 11.4 Å². The number of nitrogens with one attached hydrogen (secondary N) is 1. The number of ether oxygens (including phenoxy) is 1. The summed E-state index contributed by atoms with van der Waals surface area (Å²) in [4.78, 5) is 26.4. The normalized spacial score (nSPS) is 17.2. The van der Waals surface area contributed by atoms with E-state index in [1.54, 1.807) is 18.2 Å². The van der Waals surface area contributed by atoms with E-state index in [0.29, 0.717) is 18.0 Å². The second-order valence-electron chi connectivity index (χ2n) is 5.74. The maximum atomic E-state index is 12.7. The molecule has 0 unspecified atom stereocenters. The van der Waals surface area contributed by atoms with Crippen molar-refractivity contribution >= 4 is 23.2 Å². The van der Waals surface area contributed by atoms with Crippen LogP contribution in [0.3, 0.4) is 0 Å². The number of benzene rings is 2. The maximum Gasteiger partial charge on any atom is 0.256 e. The van der Waals surface area contributed by atoms with Crippen LogP contribution in [0.2, 0.25) is 0 Å². The molecule has 0 radical (unpaired) electrons. The van der Waals surface area contributed by atoms with Gasteiger partial charge in [0.2, 0.25) is 5.91 Å². The molecule has 0 spiro atoms. The third kappa shape index (κ3) is 3.11. The van der Waals surface area contributed by atoms with Crippen molar-refractivity contribution in [2.24, 2.45) is 0 Å². The molecule has 0 aromatic heterocycles. The molecule has 3 rings (SSSR count). The van der Waals surface area contributed by atoms with Crippen LogP contribution in [0.25, 0.3) is 0 Å². The third-order valence-corrected chi connectivity index (χ3v) is 3.91. The van der Waals surface area contributed by atoms with Gasteiger partial charge in [0.05, 0.1) is 18.7 Å². The minimum atomic E-state index is -0.561. The van der Waals surface area contributed by atoms with Crippen molar-refractivity contribution in [3.63, 3.8) is 0 Å². The Morgan fingerprint density at radius 2 is 1.96 bits per heavy atom. The largest absolute Gasteiger partial charge is 0.492 e. The molecule has 1 aliphatic heterocycles. The zero-order valence-corrected chi connectivity index (χ0v) is 13.8. The minimum absolute atomic E-state index is 0.132. The van der Waals surface area contributed by atoms with Crippen molar-refractivity contribution < 1.29 is 14.3 Å². The van der Waals surface area contributed by atoms with Crippen molar-refractivity contribution in [3.05, 3.63) is 54.1 Å². The van der Waals surface area contributed by atoms with Crippen LogP contribution in [0.15, 0.2) is 48.5 Å². The van der Waals surface area contributed by atoms with Crippen LogP contribution in [0.5, 0.6) is 5.75 Å². The summed E-state index contributed by atoms with van der Waals surface area (Å²) in [6.45, 7) is 4.32. The number of carbonyl (C=O) groups is 2. The summed E-state index contributed by atoms with van der Waals surface area (Å²) in [6.07, 6.45) is 0.132. The molecule has 124 valence electrons. The zero-order valence-electron chi connectivity index (χ0n) is 13.8. The first-order chi connectivity index (χ1) is 11.6. The molecule has 1 fully saturated rings. The van der Waals surface area contributed by atoms with Crippen LogP contribution in [-0.4, -0.2) is 24.5 Å². The van der Waals surface area contributed by atoms with Crippen molar-refractivity contribution in [3.8, 4) is 5.75 Å². The molecule has 5 nitrogen and oxygen atoms in total. The van der Waals surface area contributed by atoms with E-state index in [9.17, 15) is 9.59 Å². The van der Waals surface area contributed by atoms with Gasteiger partial charge in [-0.15, -0.1) is 0 Å². The van der Waals surface area contributed by atoms with Crippen LogP contribution in [-0.2, 0) is 9.59 Å². The quantitative estimate of drug-likeness (QED) is 0.859. The van der Waals surface area contributed by atoms with E-state index in [2.05, 4.69) is 5.32 Å². The molecule has 2 aromatic carbocycles. The first-order valence-corrected chi connectivity index (χ1v) is 8.02. The lowest BCUT2D eigenvalue weighted by Gasteiger charge is -2.19.